The predicted octanol–water partition coefficient (Wildman–Crippen LogP) is 7.32. The molecule has 1 aliphatic rings. The SMILES string of the molecule is CC(C)(C)[C@@H](C(=O)N(O)C(c1ccccc1)c1ccccc1)N1C(=O)c2c(Cl)c(Cl)c(Cl)c(Cl)c2C1=O. The van der Waals surface area contributed by atoms with E-state index in [1.54, 1.807) is 69.3 Å². The van der Waals surface area contributed by atoms with Crippen LogP contribution in [0.5, 0.6) is 0 Å². The van der Waals surface area contributed by atoms with Crippen LogP contribution >= 0.6 is 46.4 Å². The Morgan fingerprint density at radius 1 is 0.757 bits per heavy atom. The summed E-state index contributed by atoms with van der Waals surface area (Å²) in [6.07, 6.45) is 0. The Bertz CT molecular complexity index is 1300. The standard InChI is InChI=1S/C27H22Cl4N2O4/c1-27(2,3)23(32-24(34)16-17(25(32)35)19(29)21(31)20(30)18(16)28)26(36)33(37)22(14-10-6-4-7-11-14)15-12-8-5-9-13-15/h4-13,22-23,37H,1-3H3/t23-/m1/s1. The van der Waals surface area contributed by atoms with E-state index in [9.17, 15) is 19.6 Å². The molecule has 10 heteroatoms. The maximum absolute atomic E-state index is 14.0. The maximum Gasteiger partial charge on any atom is 0.270 e. The van der Waals surface area contributed by atoms with Crippen LogP contribution in [0.25, 0.3) is 0 Å². The van der Waals surface area contributed by atoms with E-state index in [0.29, 0.717) is 16.2 Å². The molecule has 0 aromatic heterocycles. The molecule has 0 spiro atoms. The third-order valence-electron chi connectivity index (χ3n) is 6.15. The molecule has 1 heterocycles. The van der Waals surface area contributed by atoms with Crippen molar-refractivity contribution in [1.82, 2.24) is 9.96 Å². The zero-order valence-corrected chi connectivity index (χ0v) is 23.0. The van der Waals surface area contributed by atoms with E-state index in [0.717, 1.165) is 4.90 Å². The van der Waals surface area contributed by atoms with Crippen molar-refractivity contribution >= 4 is 64.1 Å². The highest BCUT2D eigenvalue weighted by Crippen LogP contribution is 2.46. The fourth-order valence-electron chi connectivity index (χ4n) is 4.47. The maximum atomic E-state index is 14.0. The van der Waals surface area contributed by atoms with Gasteiger partial charge in [-0.25, -0.2) is 5.06 Å². The number of carbonyl (C=O) groups excluding carboxylic acids is 3. The van der Waals surface area contributed by atoms with Crippen molar-refractivity contribution in [2.75, 3.05) is 0 Å². The van der Waals surface area contributed by atoms with Crippen LogP contribution in [-0.4, -0.2) is 38.9 Å². The molecule has 0 aliphatic carbocycles. The highest BCUT2D eigenvalue weighted by atomic mass is 35.5. The molecule has 3 aromatic carbocycles. The van der Waals surface area contributed by atoms with Crippen LogP contribution in [0.4, 0.5) is 0 Å². The smallest absolute Gasteiger partial charge is 0.270 e. The van der Waals surface area contributed by atoms with Gasteiger partial charge in [-0.2, -0.15) is 0 Å². The van der Waals surface area contributed by atoms with Crippen LogP contribution in [0, 0.1) is 5.41 Å². The topological polar surface area (TPSA) is 77.9 Å². The molecule has 0 radical (unpaired) electrons. The number of hydrogen-bond donors (Lipinski definition) is 1. The summed E-state index contributed by atoms with van der Waals surface area (Å²) >= 11 is 24.9. The molecule has 0 unspecified atom stereocenters. The highest BCUT2D eigenvalue weighted by molar-refractivity contribution is 6.55. The second kappa shape index (κ2) is 10.3. The average molecular weight is 580 g/mol. The molecule has 3 aromatic rings. The lowest BCUT2D eigenvalue weighted by atomic mass is 9.84. The predicted molar refractivity (Wildman–Crippen MR) is 144 cm³/mol. The number of imide groups is 1. The monoisotopic (exact) mass is 578 g/mol. The molecule has 0 saturated carbocycles. The van der Waals surface area contributed by atoms with Gasteiger partial charge in [0.05, 0.1) is 31.2 Å². The fourth-order valence-corrected chi connectivity index (χ4v) is 5.48. The Morgan fingerprint density at radius 3 is 1.49 bits per heavy atom. The Labute approximate surface area is 234 Å². The lowest BCUT2D eigenvalue weighted by Gasteiger charge is -2.39. The van der Waals surface area contributed by atoms with Crippen molar-refractivity contribution in [3.63, 3.8) is 0 Å². The summed E-state index contributed by atoms with van der Waals surface area (Å²) in [5.74, 6) is -2.59. The number of carbonyl (C=O) groups is 3. The molecule has 0 bridgehead atoms. The van der Waals surface area contributed by atoms with Gasteiger partial charge in [0.15, 0.2) is 0 Å². The van der Waals surface area contributed by atoms with Gasteiger partial charge < -0.3 is 0 Å². The summed E-state index contributed by atoms with van der Waals surface area (Å²) in [6.45, 7) is 5.03. The van der Waals surface area contributed by atoms with E-state index in [1.165, 1.54) is 0 Å². The molecule has 4 rings (SSSR count). The first-order valence-corrected chi connectivity index (χ1v) is 12.7. The second-order valence-corrected chi connectivity index (χ2v) is 11.2. The van der Waals surface area contributed by atoms with Crippen molar-refractivity contribution in [2.24, 2.45) is 5.41 Å². The molecular weight excluding hydrogens is 558 g/mol. The normalized spacial score (nSPS) is 14.2. The number of fused-ring (bicyclic) bond motifs is 1. The molecule has 3 amide bonds. The van der Waals surface area contributed by atoms with E-state index in [1.807, 2.05) is 12.1 Å². The van der Waals surface area contributed by atoms with Gasteiger partial charge in [-0.05, 0) is 16.5 Å². The Morgan fingerprint density at radius 2 is 1.14 bits per heavy atom. The van der Waals surface area contributed by atoms with E-state index in [4.69, 9.17) is 46.4 Å². The molecular formula is C27H22Cl4N2O4. The molecule has 1 aliphatic heterocycles. The molecule has 1 atom stereocenters. The minimum Gasteiger partial charge on any atom is -0.285 e. The summed E-state index contributed by atoms with van der Waals surface area (Å²) in [5, 5.41) is 11.1. The van der Waals surface area contributed by atoms with E-state index in [2.05, 4.69) is 0 Å². The van der Waals surface area contributed by atoms with Gasteiger partial charge in [-0.15, -0.1) is 0 Å². The molecule has 1 N–H and O–H groups in total. The quantitative estimate of drug-likeness (QED) is 0.113. The zero-order valence-electron chi connectivity index (χ0n) is 20.0. The lowest BCUT2D eigenvalue weighted by Crippen LogP contribution is -2.56. The number of nitrogens with zero attached hydrogens (tertiary/aromatic N) is 2. The minimum absolute atomic E-state index is 0.175. The van der Waals surface area contributed by atoms with Crippen LogP contribution in [0.2, 0.25) is 20.1 Å². The molecule has 0 fully saturated rings. The first-order valence-electron chi connectivity index (χ1n) is 11.2. The van der Waals surface area contributed by atoms with Crippen molar-refractivity contribution in [3.8, 4) is 0 Å². The minimum atomic E-state index is -1.43. The van der Waals surface area contributed by atoms with Crippen LogP contribution in [0.1, 0.15) is 58.7 Å². The van der Waals surface area contributed by atoms with Gasteiger partial charge in [0.1, 0.15) is 12.1 Å². The number of hydrogen-bond acceptors (Lipinski definition) is 4. The lowest BCUT2D eigenvalue weighted by molar-refractivity contribution is -0.181. The third kappa shape index (κ3) is 4.73. The Kier molecular flexibility index (Phi) is 7.62. The zero-order chi connectivity index (χ0) is 27.2. The average Bonchev–Trinajstić information content (AvgIpc) is 3.12. The Hall–Kier alpha value is -2.61. The summed E-state index contributed by atoms with van der Waals surface area (Å²) in [4.78, 5) is 41.9. The first kappa shape index (κ1) is 27.4. The summed E-state index contributed by atoms with van der Waals surface area (Å²) in [7, 11) is 0. The van der Waals surface area contributed by atoms with Gasteiger partial charge in [0, 0.05) is 0 Å². The van der Waals surface area contributed by atoms with E-state index >= 15 is 0 Å². The second-order valence-electron chi connectivity index (χ2n) is 9.66. The van der Waals surface area contributed by atoms with Gasteiger partial charge >= 0.3 is 0 Å². The largest absolute Gasteiger partial charge is 0.285 e. The van der Waals surface area contributed by atoms with E-state index in [-0.39, 0.29) is 31.2 Å². The fraction of sp³-hybridized carbons (Fsp3) is 0.222. The first-order chi connectivity index (χ1) is 17.4. The summed E-state index contributed by atoms with van der Waals surface area (Å²) < 4.78 is 0. The van der Waals surface area contributed by atoms with Gasteiger partial charge in [0.25, 0.3) is 17.7 Å². The van der Waals surface area contributed by atoms with Crippen molar-refractivity contribution in [2.45, 2.75) is 32.9 Å². The Balaban J connectivity index is 1.83. The van der Waals surface area contributed by atoms with Crippen molar-refractivity contribution in [1.29, 1.82) is 0 Å². The molecule has 37 heavy (non-hydrogen) atoms. The van der Waals surface area contributed by atoms with Crippen LogP contribution < -0.4 is 0 Å². The number of benzene rings is 3. The number of rotatable bonds is 5. The number of amides is 3. The number of halogens is 4. The van der Waals surface area contributed by atoms with Crippen LogP contribution in [0.15, 0.2) is 60.7 Å². The van der Waals surface area contributed by atoms with Gasteiger partial charge in [-0.1, -0.05) is 128 Å². The van der Waals surface area contributed by atoms with Gasteiger partial charge in [-0.3, -0.25) is 24.5 Å². The van der Waals surface area contributed by atoms with Gasteiger partial charge in [0.2, 0.25) is 0 Å². The highest BCUT2D eigenvalue weighted by Gasteiger charge is 2.52. The summed E-state index contributed by atoms with van der Waals surface area (Å²) in [5.41, 5.74) is -0.218. The third-order valence-corrected chi connectivity index (χ3v) is 7.95. The van der Waals surface area contributed by atoms with Crippen LogP contribution in [0.3, 0.4) is 0 Å². The molecule has 6 nitrogen and oxygen atoms in total. The molecule has 192 valence electrons. The van der Waals surface area contributed by atoms with E-state index < -0.39 is 35.2 Å². The van der Waals surface area contributed by atoms with Crippen LogP contribution in [-0.2, 0) is 4.79 Å². The van der Waals surface area contributed by atoms with Crippen molar-refractivity contribution < 1.29 is 19.6 Å². The van der Waals surface area contributed by atoms with Crippen molar-refractivity contribution in [3.05, 3.63) is 103 Å². The molecule has 0 saturated heterocycles. The summed E-state index contributed by atoms with van der Waals surface area (Å²) in [6, 6.07) is 15.5. The number of hydroxylamine groups is 2.